The fourth-order valence-corrected chi connectivity index (χ4v) is 3.21. The fourth-order valence-electron chi connectivity index (χ4n) is 3.21. The number of hydrogen-bond acceptors (Lipinski definition) is 3. The van der Waals surface area contributed by atoms with Crippen LogP contribution in [0.5, 0.6) is 5.75 Å². The van der Waals surface area contributed by atoms with Crippen molar-refractivity contribution in [3.8, 4) is 11.4 Å². The average molecular weight is 414 g/mol. The molecule has 0 saturated heterocycles. The molecule has 0 bridgehead atoms. The molecule has 158 valence electrons. The van der Waals surface area contributed by atoms with Crippen LogP contribution >= 0.6 is 0 Å². The molecule has 0 fully saturated rings. The molecule has 0 radical (unpaired) electrons. The van der Waals surface area contributed by atoms with Crippen LogP contribution in [0.3, 0.4) is 0 Å². The third-order valence-corrected chi connectivity index (χ3v) is 4.88. The summed E-state index contributed by atoms with van der Waals surface area (Å²) >= 11 is 0. The average Bonchev–Trinajstić information content (AvgIpc) is 3.07. The lowest BCUT2D eigenvalue weighted by atomic mass is 10.0. The number of nitrogens with zero attached hydrogens (tertiary/aromatic N) is 2. The van der Waals surface area contributed by atoms with Crippen LogP contribution in [-0.2, 0) is 24.2 Å². The minimum atomic E-state index is -1.02. The van der Waals surface area contributed by atoms with Crippen molar-refractivity contribution in [1.29, 1.82) is 0 Å². The minimum Gasteiger partial charge on any atom is -0.481 e. The summed E-state index contributed by atoms with van der Waals surface area (Å²) in [5, 5.41) is 13.4. The molecule has 5 nitrogen and oxygen atoms in total. The van der Waals surface area contributed by atoms with Gasteiger partial charge in [-0.05, 0) is 61.2 Å². The second-order valence-corrected chi connectivity index (χ2v) is 7.33. The highest BCUT2D eigenvalue weighted by molar-refractivity contribution is 5.69. The molecule has 2 aromatic carbocycles. The van der Waals surface area contributed by atoms with E-state index in [-0.39, 0.29) is 18.6 Å². The summed E-state index contributed by atoms with van der Waals surface area (Å²) in [4.78, 5) is 11.0. The number of carbonyl (C=O) groups is 1. The van der Waals surface area contributed by atoms with E-state index in [1.807, 2.05) is 31.2 Å². The Balaban J connectivity index is 1.79. The number of aromatic nitrogens is 2. The van der Waals surface area contributed by atoms with E-state index in [9.17, 15) is 13.6 Å². The van der Waals surface area contributed by atoms with E-state index in [4.69, 9.17) is 9.84 Å². The summed E-state index contributed by atoms with van der Waals surface area (Å²) in [5.74, 6) is -3.98. The van der Waals surface area contributed by atoms with E-state index < -0.39 is 29.3 Å². The Bertz CT molecular complexity index is 1020. The fraction of sp³-hybridized carbons (Fsp3) is 0.304. The zero-order chi connectivity index (χ0) is 21.8. The molecule has 0 aliphatic carbocycles. The molecule has 3 rings (SSSR count). The van der Waals surface area contributed by atoms with E-state index in [0.29, 0.717) is 5.69 Å². The first-order valence-corrected chi connectivity index (χ1v) is 9.76. The van der Waals surface area contributed by atoms with Crippen molar-refractivity contribution >= 4 is 5.97 Å². The van der Waals surface area contributed by atoms with Crippen LogP contribution in [0, 0.1) is 24.5 Å². The van der Waals surface area contributed by atoms with Gasteiger partial charge in [-0.25, -0.2) is 13.5 Å². The SMILES string of the molecule is CCc1ccc(-n2nc(C)cc2COc2c(F)cc(C[C@H](C)C(=O)O)cc2F)cc1. The lowest BCUT2D eigenvalue weighted by Gasteiger charge is -2.13. The van der Waals surface area contributed by atoms with Crippen LogP contribution in [-0.4, -0.2) is 20.9 Å². The normalized spacial score (nSPS) is 12.0. The predicted molar refractivity (Wildman–Crippen MR) is 109 cm³/mol. The van der Waals surface area contributed by atoms with Gasteiger partial charge < -0.3 is 9.84 Å². The molecule has 1 N–H and O–H groups in total. The van der Waals surface area contributed by atoms with E-state index in [1.54, 1.807) is 10.7 Å². The van der Waals surface area contributed by atoms with Crippen LogP contribution in [0.2, 0.25) is 0 Å². The minimum absolute atomic E-state index is 0.0309. The van der Waals surface area contributed by atoms with Crippen molar-refractivity contribution in [3.63, 3.8) is 0 Å². The molecule has 1 heterocycles. The van der Waals surface area contributed by atoms with E-state index in [2.05, 4.69) is 12.0 Å². The Hall–Kier alpha value is -3.22. The van der Waals surface area contributed by atoms with Crippen molar-refractivity contribution < 1.29 is 23.4 Å². The molecular weight excluding hydrogens is 390 g/mol. The summed E-state index contributed by atoms with van der Waals surface area (Å²) in [6.07, 6.45) is 0.956. The maximum absolute atomic E-state index is 14.4. The van der Waals surface area contributed by atoms with Gasteiger partial charge in [0.25, 0.3) is 0 Å². The number of ether oxygens (including phenoxy) is 1. The maximum Gasteiger partial charge on any atom is 0.306 e. The summed E-state index contributed by atoms with van der Waals surface area (Å²) in [5.41, 5.74) is 3.70. The van der Waals surface area contributed by atoms with Gasteiger partial charge in [0.15, 0.2) is 17.4 Å². The van der Waals surface area contributed by atoms with Gasteiger partial charge in [0.05, 0.1) is 23.0 Å². The van der Waals surface area contributed by atoms with Gasteiger partial charge in [0, 0.05) is 0 Å². The van der Waals surface area contributed by atoms with Crippen molar-refractivity contribution in [2.75, 3.05) is 0 Å². The van der Waals surface area contributed by atoms with Gasteiger partial charge in [-0.2, -0.15) is 5.10 Å². The van der Waals surface area contributed by atoms with Crippen LogP contribution in [0.1, 0.15) is 36.4 Å². The lowest BCUT2D eigenvalue weighted by Crippen LogP contribution is -2.13. The van der Waals surface area contributed by atoms with Crippen molar-refractivity contribution in [2.45, 2.75) is 40.2 Å². The first-order valence-electron chi connectivity index (χ1n) is 9.76. The number of halogens is 2. The number of aliphatic carboxylic acids is 1. The highest BCUT2D eigenvalue weighted by Crippen LogP contribution is 2.26. The zero-order valence-corrected chi connectivity index (χ0v) is 17.2. The number of benzene rings is 2. The summed E-state index contributed by atoms with van der Waals surface area (Å²) in [6.45, 7) is 5.32. The number of rotatable bonds is 8. The van der Waals surface area contributed by atoms with Gasteiger partial charge >= 0.3 is 5.97 Å². The maximum atomic E-state index is 14.4. The van der Waals surface area contributed by atoms with E-state index in [1.165, 1.54) is 12.5 Å². The predicted octanol–water partition coefficient (Wildman–Crippen LogP) is 4.86. The topological polar surface area (TPSA) is 64.4 Å². The molecule has 0 amide bonds. The molecule has 30 heavy (non-hydrogen) atoms. The number of carboxylic acid groups (broad SMARTS) is 1. The van der Waals surface area contributed by atoms with Crippen LogP contribution < -0.4 is 4.74 Å². The van der Waals surface area contributed by atoms with E-state index >= 15 is 0 Å². The van der Waals surface area contributed by atoms with Crippen molar-refractivity contribution in [2.24, 2.45) is 5.92 Å². The summed E-state index contributed by atoms with van der Waals surface area (Å²) < 4.78 is 36.0. The Labute approximate surface area is 173 Å². The molecule has 0 spiro atoms. The van der Waals surface area contributed by atoms with Gasteiger partial charge in [-0.1, -0.05) is 26.0 Å². The van der Waals surface area contributed by atoms with Gasteiger partial charge in [-0.15, -0.1) is 0 Å². The van der Waals surface area contributed by atoms with Crippen molar-refractivity contribution in [1.82, 2.24) is 9.78 Å². The first-order chi connectivity index (χ1) is 14.3. The smallest absolute Gasteiger partial charge is 0.306 e. The van der Waals surface area contributed by atoms with E-state index in [0.717, 1.165) is 29.9 Å². The molecule has 1 atom stereocenters. The van der Waals surface area contributed by atoms with Crippen LogP contribution in [0.25, 0.3) is 5.69 Å². The van der Waals surface area contributed by atoms with Gasteiger partial charge in [-0.3, -0.25) is 4.79 Å². The molecule has 7 heteroatoms. The van der Waals surface area contributed by atoms with Crippen LogP contribution in [0.4, 0.5) is 8.78 Å². The Morgan fingerprint density at radius 3 is 2.33 bits per heavy atom. The molecule has 0 unspecified atom stereocenters. The number of hydrogen-bond donors (Lipinski definition) is 1. The molecule has 0 aliphatic rings. The molecule has 0 saturated carbocycles. The zero-order valence-electron chi connectivity index (χ0n) is 17.2. The van der Waals surface area contributed by atoms with Crippen molar-refractivity contribution in [3.05, 3.63) is 76.6 Å². The largest absolute Gasteiger partial charge is 0.481 e. The number of aryl methyl sites for hydroxylation is 2. The highest BCUT2D eigenvalue weighted by Gasteiger charge is 2.18. The second-order valence-electron chi connectivity index (χ2n) is 7.33. The monoisotopic (exact) mass is 414 g/mol. The standard InChI is InChI=1S/C23H24F2N2O3/c1-4-16-5-7-18(8-6-16)27-19(10-15(3)26-27)13-30-22-20(24)11-17(12-21(22)25)9-14(2)23(28)29/h5-8,10-12,14H,4,9,13H2,1-3H3,(H,28,29)/t14-/m0/s1. The Morgan fingerprint density at radius 2 is 1.77 bits per heavy atom. The molecule has 0 aliphatic heterocycles. The first kappa shape index (κ1) is 21.5. The highest BCUT2D eigenvalue weighted by atomic mass is 19.1. The lowest BCUT2D eigenvalue weighted by molar-refractivity contribution is -0.141. The Morgan fingerprint density at radius 1 is 1.13 bits per heavy atom. The molecular formula is C23H24F2N2O3. The third-order valence-electron chi connectivity index (χ3n) is 4.88. The third kappa shape index (κ3) is 4.84. The summed E-state index contributed by atoms with van der Waals surface area (Å²) in [6, 6.07) is 11.9. The second kappa shape index (κ2) is 9.07. The Kier molecular flexibility index (Phi) is 6.50. The molecule has 1 aromatic heterocycles. The van der Waals surface area contributed by atoms with Gasteiger partial charge in [0.1, 0.15) is 6.61 Å². The van der Waals surface area contributed by atoms with Gasteiger partial charge in [0.2, 0.25) is 0 Å². The molecule has 3 aromatic rings. The summed E-state index contributed by atoms with van der Waals surface area (Å²) in [7, 11) is 0. The quantitative estimate of drug-likeness (QED) is 0.572. The van der Waals surface area contributed by atoms with Crippen LogP contribution in [0.15, 0.2) is 42.5 Å². The number of carboxylic acids is 1.